The number of fused-ring (bicyclic) bond motifs is 3. The lowest BCUT2D eigenvalue weighted by atomic mass is 9.88. The summed E-state index contributed by atoms with van der Waals surface area (Å²) in [4.78, 5) is 5.18. The largest absolute Gasteiger partial charge is 0.397 e. The van der Waals surface area contributed by atoms with Gasteiger partial charge in [0.15, 0.2) is 0 Å². The maximum absolute atomic E-state index is 6.70. The number of aromatic nitrogens is 1. The summed E-state index contributed by atoms with van der Waals surface area (Å²) >= 11 is 0. The molecule has 1 aromatic heterocycles. The molecule has 6 aromatic carbocycles. The number of pyridine rings is 1. The third-order valence-corrected chi connectivity index (χ3v) is 11.4. The van der Waals surface area contributed by atoms with Gasteiger partial charge in [0.1, 0.15) is 0 Å². The number of allylic oxidation sites excluding steroid dienone is 5. The van der Waals surface area contributed by atoms with Crippen LogP contribution in [0.15, 0.2) is 188 Å². The van der Waals surface area contributed by atoms with Gasteiger partial charge in [0.2, 0.25) is 0 Å². The van der Waals surface area contributed by atoms with Crippen LogP contribution in [0.3, 0.4) is 0 Å². The number of nitrogens with one attached hydrogen (secondary N) is 2. The van der Waals surface area contributed by atoms with Gasteiger partial charge in [-0.1, -0.05) is 152 Å². The number of hydrogen-bond donors (Lipinski definition) is 3. The smallest absolute Gasteiger partial charge is 0.0716 e. The van der Waals surface area contributed by atoms with Gasteiger partial charge in [-0.05, 0) is 105 Å². The molecule has 7 aromatic rings. The topological polar surface area (TPSA) is 63.0 Å². The summed E-state index contributed by atoms with van der Waals surface area (Å²) in [5.74, 6) is 0. The third-order valence-electron chi connectivity index (χ3n) is 11.4. The summed E-state index contributed by atoms with van der Waals surface area (Å²) < 4.78 is 0. The lowest BCUT2D eigenvalue weighted by Crippen LogP contribution is -2.31. The Bertz CT molecular complexity index is 2850. The van der Waals surface area contributed by atoms with Gasteiger partial charge in [0, 0.05) is 34.3 Å². The Labute approximate surface area is 339 Å². The van der Waals surface area contributed by atoms with E-state index in [0.717, 1.165) is 73.6 Å². The van der Waals surface area contributed by atoms with Gasteiger partial charge in [-0.25, -0.2) is 4.98 Å². The molecule has 2 aliphatic heterocycles. The van der Waals surface area contributed by atoms with Crippen molar-refractivity contribution in [3.8, 4) is 44.6 Å². The normalized spacial score (nSPS) is 15.5. The fraction of sp³-hybridized carbons (Fsp3) is 0.0556. The van der Waals surface area contributed by atoms with Crippen LogP contribution in [0.5, 0.6) is 0 Å². The van der Waals surface area contributed by atoms with Crippen molar-refractivity contribution in [1.29, 1.82) is 0 Å². The van der Waals surface area contributed by atoms with Crippen LogP contribution >= 0.6 is 0 Å². The minimum atomic E-state index is 0.0418. The Morgan fingerprint density at radius 3 is 2.07 bits per heavy atom. The summed E-state index contributed by atoms with van der Waals surface area (Å²) in [6, 6.07) is 50.0. The average Bonchev–Trinajstić information content (AvgIpc) is 3.29. The summed E-state index contributed by atoms with van der Waals surface area (Å²) in [6.07, 6.45) is 19.7. The number of dihydropyridines is 1. The van der Waals surface area contributed by atoms with Gasteiger partial charge in [0.25, 0.3) is 0 Å². The van der Waals surface area contributed by atoms with Crippen LogP contribution in [0.4, 0.5) is 11.4 Å². The zero-order valence-electron chi connectivity index (χ0n) is 32.3. The molecule has 0 bridgehead atoms. The van der Waals surface area contributed by atoms with E-state index in [1.54, 1.807) is 0 Å². The van der Waals surface area contributed by atoms with E-state index in [-0.39, 0.29) is 6.04 Å². The molecule has 0 amide bonds. The van der Waals surface area contributed by atoms with Crippen LogP contribution < -0.4 is 16.4 Å². The van der Waals surface area contributed by atoms with E-state index in [1.165, 1.54) is 39.0 Å². The molecule has 0 saturated carbocycles. The second-order valence-electron chi connectivity index (χ2n) is 15.0. The van der Waals surface area contributed by atoms with E-state index in [1.807, 2.05) is 13.0 Å². The monoisotopic (exact) mass is 746 g/mol. The van der Waals surface area contributed by atoms with E-state index < -0.39 is 0 Å². The van der Waals surface area contributed by atoms with Gasteiger partial charge in [-0.2, -0.15) is 0 Å². The molecule has 278 valence electrons. The van der Waals surface area contributed by atoms with E-state index in [4.69, 9.17) is 10.7 Å². The van der Waals surface area contributed by atoms with Crippen LogP contribution in [0, 0.1) is 0 Å². The van der Waals surface area contributed by atoms with Crippen LogP contribution in [0.25, 0.3) is 79.0 Å². The van der Waals surface area contributed by atoms with Crippen molar-refractivity contribution in [1.82, 2.24) is 10.3 Å². The Balaban J connectivity index is 0.930. The Hall–Kier alpha value is -7.43. The minimum Gasteiger partial charge on any atom is -0.397 e. The maximum Gasteiger partial charge on any atom is 0.0716 e. The van der Waals surface area contributed by atoms with Gasteiger partial charge in [0.05, 0.1) is 28.6 Å². The molecule has 0 radical (unpaired) electrons. The number of nitrogens with zero attached hydrogens (tertiary/aromatic N) is 1. The molecule has 4 N–H and O–H groups in total. The van der Waals surface area contributed by atoms with Crippen molar-refractivity contribution >= 4 is 45.7 Å². The summed E-state index contributed by atoms with van der Waals surface area (Å²) in [6.45, 7) is 2.81. The second kappa shape index (κ2) is 14.9. The minimum absolute atomic E-state index is 0.0418. The highest BCUT2D eigenvalue weighted by Crippen LogP contribution is 2.40. The lowest BCUT2D eigenvalue weighted by molar-refractivity contribution is 0.815. The van der Waals surface area contributed by atoms with Crippen molar-refractivity contribution in [2.75, 3.05) is 17.6 Å². The second-order valence-corrected chi connectivity index (χ2v) is 15.0. The molecule has 0 spiro atoms. The van der Waals surface area contributed by atoms with E-state index >= 15 is 0 Å². The molecule has 10 rings (SSSR count). The van der Waals surface area contributed by atoms with Crippen molar-refractivity contribution in [3.63, 3.8) is 0 Å². The first kappa shape index (κ1) is 35.0. The SMILES string of the molecule is C/C=C\c1c(-c2ccc(-c3ccc4ccc(C5=CC=C6C=CC(c7cc(-c8ccccc8)cc(-c8ccccc8)c7)=CC6N5)cc4n3)cc2)cc2c(c1N)NCC=C2. The maximum atomic E-state index is 6.70. The Morgan fingerprint density at radius 2 is 1.33 bits per heavy atom. The number of benzene rings is 6. The van der Waals surface area contributed by atoms with Gasteiger partial charge in [-0.15, -0.1) is 0 Å². The summed E-state index contributed by atoms with van der Waals surface area (Å²) in [5.41, 5.74) is 26.5. The molecular formula is C54H42N4. The van der Waals surface area contributed by atoms with Crippen LogP contribution in [-0.4, -0.2) is 17.6 Å². The molecule has 3 heterocycles. The highest BCUT2D eigenvalue weighted by molar-refractivity contribution is 5.95. The fourth-order valence-corrected chi connectivity index (χ4v) is 8.33. The first-order valence-electron chi connectivity index (χ1n) is 19.9. The highest BCUT2D eigenvalue weighted by atomic mass is 14.9. The van der Waals surface area contributed by atoms with Gasteiger partial charge < -0.3 is 16.4 Å². The number of hydrogen-bond acceptors (Lipinski definition) is 4. The molecule has 0 saturated heterocycles. The molecular weight excluding hydrogens is 705 g/mol. The van der Waals surface area contributed by atoms with E-state index in [9.17, 15) is 0 Å². The Morgan fingerprint density at radius 1 is 0.638 bits per heavy atom. The molecule has 1 aliphatic carbocycles. The molecule has 0 fully saturated rings. The first-order chi connectivity index (χ1) is 28.6. The van der Waals surface area contributed by atoms with Gasteiger partial charge >= 0.3 is 0 Å². The lowest BCUT2D eigenvalue weighted by Gasteiger charge is -2.27. The molecule has 1 unspecified atom stereocenters. The predicted molar refractivity (Wildman–Crippen MR) is 247 cm³/mol. The Kier molecular flexibility index (Phi) is 9.00. The zero-order chi connectivity index (χ0) is 39.0. The van der Waals surface area contributed by atoms with Crippen LogP contribution in [-0.2, 0) is 0 Å². The first-order valence-corrected chi connectivity index (χ1v) is 19.9. The van der Waals surface area contributed by atoms with Crippen molar-refractivity contribution in [2.45, 2.75) is 13.0 Å². The van der Waals surface area contributed by atoms with Gasteiger partial charge in [-0.3, -0.25) is 0 Å². The van der Waals surface area contributed by atoms with Crippen molar-refractivity contribution < 1.29 is 0 Å². The van der Waals surface area contributed by atoms with E-state index in [2.05, 4.69) is 199 Å². The molecule has 3 aliphatic rings. The average molecular weight is 747 g/mol. The number of nitrogen functional groups attached to an aromatic ring is 1. The summed E-state index contributed by atoms with van der Waals surface area (Å²) in [7, 11) is 0. The van der Waals surface area contributed by atoms with Crippen molar-refractivity contribution in [2.24, 2.45) is 0 Å². The highest BCUT2D eigenvalue weighted by Gasteiger charge is 2.21. The summed E-state index contributed by atoms with van der Waals surface area (Å²) in [5, 5.41) is 8.40. The zero-order valence-corrected chi connectivity index (χ0v) is 32.3. The quantitative estimate of drug-likeness (QED) is 0.142. The standard InChI is InChI=1S/C54H42N4/c1-2-10-47-48(32-43-15-9-28-56-54(43)53(47)55)37-16-18-38(19-17-37)49-26-24-40-21-23-42(34-52(40)57-49)50-27-25-39-20-22-41(33-51(39)58-50)46-30-44(35-11-5-3-6-12-35)29-45(31-46)36-13-7-4-8-14-36/h2-27,29-34,51,56,58H,28,55H2,1H3/b10-2-. The van der Waals surface area contributed by atoms with Crippen LogP contribution in [0.1, 0.15) is 29.2 Å². The molecule has 1 atom stereocenters. The molecule has 58 heavy (non-hydrogen) atoms. The van der Waals surface area contributed by atoms with Crippen molar-refractivity contribution in [3.05, 3.63) is 210 Å². The van der Waals surface area contributed by atoms with Crippen LogP contribution in [0.2, 0.25) is 0 Å². The fourth-order valence-electron chi connectivity index (χ4n) is 8.33. The number of rotatable bonds is 7. The number of nitrogens with two attached hydrogens (primary N) is 1. The predicted octanol–water partition coefficient (Wildman–Crippen LogP) is 12.8. The van der Waals surface area contributed by atoms with E-state index in [0.29, 0.717) is 0 Å². The molecule has 4 nitrogen and oxygen atoms in total. The number of anilines is 2. The third kappa shape index (κ3) is 6.65. The molecule has 4 heteroatoms.